The van der Waals surface area contributed by atoms with Crippen LogP contribution in [0.15, 0.2) is 48.5 Å². The molecule has 0 atom stereocenters. The van der Waals surface area contributed by atoms with Gasteiger partial charge in [-0.1, -0.05) is 18.2 Å². The highest BCUT2D eigenvalue weighted by Gasteiger charge is 2.21. The number of aryl methyl sites for hydroxylation is 1. The number of nitrogens with one attached hydrogen (secondary N) is 1. The van der Waals surface area contributed by atoms with Crippen molar-refractivity contribution in [3.63, 3.8) is 0 Å². The summed E-state index contributed by atoms with van der Waals surface area (Å²) in [4.78, 5) is 12.2. The number of nitrogens with zero attached hydrogens (tertiary/aromatic N) is 2. The fraction of sp³-hybridized carbons (Fsp3) is 0.176. The Bertz CT molecular complexity index is 884. The van der Waals surface area contributed by atoms with Gasteiger partial charge in [-0.25, -0.2) is 8.42 Å². The van der Waals surface area contributed by atoms with Crippen LogP contribution in [-0.4, -0.2) is 27.1 Å². The van der Waals surface area contributed by atoms with Crippen LogP contribution in [0.25, 0.3) is 0 Å². The molecule has 24 heavy (non-hydrogen) atoms. The van der Waals surface area contributed by atoms with Crippen molar-refractivity contribution < 1.29 is 13.2 Å². The van der Waals surface area contributed by atoms with E-state index in [-0.39, 0.29) is 6.54 Å². The van der Waals surface area contributed by atoms with Crippen molar-refractivity contribution in [1.82, 2.24) is 0 Å². The molecule has 0 bridgehead atoms. The Balaban J connectivity index is 2.22. The molecule has 0 aromatic heterocycles. The van der Waals surface area contributed by atoms with E-state index in [2.05, 4.69) is 5.32 Å². The maximum absolute atomic E-state index is 12.2. The molecule has 1 amide bonds. The van der Waals surface area contributed by atoms with E-state index in [1.54, 1.807) is 12.1 Å². The van der Waals surface area contributed by atoms with E-state index in [0.29, 0.717) is 16.9 Å². The molecule has 7 heteroatoms. The molecular formula is C17H17N3O3S. The average molecular weight is 343 g/mol. The Morgan fingerprint density at radius 1 is 1.17 bits per heavy atom. The number of benzene rings is 2. The lowest BCUT2D eigenvalue weighted by Crippen LogP contribution is -2.37. The topological polar surface area (TPSA) is 90.3 Å². The van der Waals surface area contributed by atoms with Gasteiger partial charge in [0, 0.05) is 5.69 Å². The van der Waals surface area contributed by atoms with Crippen LogP contribution in [-0.2, 0) is 14.8 Å². The smallest absolute Gasteiger partial charge is 0.245 e. The summed E-state index contributed by atoms with van der Waals surface area (Å²) in [6.07, 6.45) is 1.03. The number of para-hydroxylation sites is 1. The molecule has 124 valence electrons. The highest BCUT2D eigenvalue weighted by Crippen LogP contribution is 2.19. The maximum atomic E-state index is 12.2. The Morgan fingerprint density at radius 3 is 2.33 bits per heavy atom. The van der Waals surface area contributed by atoms with E-state index in [1.165, 1.54) is 24.3 Å². The van der Waals surface area contributed by atoms with E-state index < -0.39 is 15.9 Å². The highest BCUT2D eigenvalue weighted by atomic mass is 32.2. The van der Waals surface area contributed by atoms with Crippen molar-refractivity contribution in [2.45, 2.75) is 6.92 Å². The quantitative estimate of drug-likeness (QED) is 0.902. The molecule has 0 heterocycles. The number of carbonyl (C=O) groups is 1. The first kappa shape index (κ1) is 17.5. The van der Waals surface area contributed by atoms with Gasteiger partial charge in [0.15, 0.2) is 0 Å². The number of nitriles is 1. The molecule has 0 unspecified atom stereocenters. The zero-order chi connectivity index (χ0) is 17.7. The lowest BCUT2D eigenvalue weighted by atomic mass is 10.2. The monoisotopic (exact) mass is 343 g/mol. The SMILES string of the molecule is Cc1ccccc1NC(=O)CN(c1ccc(C#N)cc1)S(C)(=O)=O. The van der Waals surface area contributed by atoms with Crippen LogP contribution in [0.3, 0.4) is 0 Å². The summed E-state index contributed by atoms with van der Waals surface area (Å²) in [5, 5.41) is 11.5. The van der Waals surface area contributed by atoms with Gasteiger partial charge in [-0.05, 0) is 42.8 Å². The standard InChI is InChI=1S/C17H17N3O3S/c1-13-5-3-4-6-16(13)19-17(21)12-20(24(2,22)23)15-9-7-14(11-18)8-10-15/h3-10H,12H2,1-2H3,(H,19,21). The summed E-state index contributed by atoms with van der Waals surface area (Å²) < 4.78 is 25.0. The minimum atomic E-state index is -3.65. The van der Waals surface area contributed by atoms with Crippen molar-refractivity contribution in [1.29, 1.82) is 5.26 Å². The third-order valence-corrected chi connectivity index (χ3v) is 4.53. The Morgan fingerprint density at radius 2 is 1.79 bits per heavy atom. The molecule has 0 aliphatic rings. The third-order valence-electron chi connectivity index (χ3n) is 3.39. The van der Waals surface area contributed by atoms with E-state index in [0.717, 1.165) is 16.1 Å². The van der Waals surface area contributed by atoms with Crippen LogP contribution < -0.4 is 9.62 Å². The Hall–Kier alpha value is -2.85. The number of anilines is 2. The number of amides is 1. The van der Waals surface area contributed by atoms with Crippen LogP contribution >= 0.6 is 0 Å². The first-order valence-corrected chi connectivity index (χ1v) is 8.99. The largest absolute Gasteiger partial charge is 0.324 e. The minimum absolute atomic E-state index is 0.330. The fourth-order valence-corrected chi connectivity index (χ4v) is 2.99. The van der Waals surface area contributed by atoms with Gasteiger partial charge in [0.05, 0.1) is 23.6 Å². The van der Waals surface area contributed by atoms with E-state index >= 15 is 0 Å². The molecule has 1 N–H and O–H groups in total. The van der Waals surface area contributed by atoms with Crippen LogP contribution in [0.4, 0.5) is 11.4 Å². The number of carbonyl (C=O) groups excluding carboxylic acids is 1. The summed E-state index contributed by atoms with van der Waals surface area (Å²) in [5.41, 5.74) is 2.26. The third kappa shape index (κ3) is 4.33. The molecule has 6 nitrogen and oxygen atoms in total. The van der Waals surface area contributed by atoms with Crippen LogP contribution in [0, 0.1) is 18.3 Å². The van der Waals surface area contributed by atoms with E-state index in [4.69, 9.17) is 5.26 Å². The summed E-state index contributed by atoms with van der Waals surface area (Å²) in [6, 6.07) is 15.2. The molecule has 0 spiro atoms. The molecular weight excluding hydrogens is 326 g/mol. The number of hydrogen-bond acceptors (Lipinski definition) is 4. The van der Waals surface area contributed by atoms with Gasteiger partial charge in [0.25, 0.3) is 0 Å². The first-order chi connectivity index (χ1) is 11.3. The average Bonchev–Trinajstić information content (AvgIpc) is 2.54. The molecule has 0 aliphatic carbocycles. The summed E-state index contributed by atoms with van der Waals surface area (Å²) in [7, 11) is -3.65. The fourth-order valence-electron chi connectivity index (χ4n) is 2.14. The second kappa shape index (κ2) is 7.15. The predicted molar refractivity (Wildman–Crippen MR) is 93.2 cm³/mol. The highest BCUT2D eigenvalue weighted by molar-refractivity contribution is 7.92. The van der Waals surface area contributed by atoms with Crippen LogP contribution in [0.5, 0.6) is 0 Å². The van der Waals surface area contributed by atoms with Crippen molar-refractivity contribution in [2.24, 2.45) is 0 Å². The Labute approximate surface area is 141 Å². The predicted octanol–water partition coefficient (Wildman–Crippen LogP) is 2.27. The summed E-state index contributed by atoms with van der Waals surface area (Å²) in [6.45, 7) is 1.50. The normalized spacial score (nSPS) is 10.7. The van der Waals surface area contributed by atoms with Gasteiger partial charge in [0.2, 0.25) is 15.9 Å². The molecule has 0 saturated carbocycles. The van der Waals surface area contributed by atoms with E-state index in [1.807, 2.05) is 25.1 Å². The van der Waals surface area contributed by atoms with Gasteiger partial charge >= 0.3 is 0 Å². The summed E-state index contributed by atoms with van der Waals surface area (Å²) in [5.74, 6) is -0.445. The number of sulfonamides is 1. The van der Waals surface area contributed by atoms with E-state index in [9.17, 15) is 13.2 Å². The zero-order valence-corrected chi connectivity index (χ0v) is 14.2. The van der Waals surface area contributed by atoms with Crippen molar-refractivity contribution in [3.8, 4) is 6.07 Å². The first-order valence-electron chi connectivity index (χ1n) is 7.14. The van der Waals surface area contributed by atoms with Crippen molar-refractivity contribution in [3.05, 3.63) is 59.7 Å². The molecule has 0 fully saturated rings. The molecule has 0 radical (unpaired) electrons. The van der Waals surface area contributed by atoms with Gasteiger partial charge in [0.1, 0.15) is 6.54 Å². The molecule has 2 aromatic rings. The van der Waals surface area contributed by atoms with Crippen molar-refractivity contribution >= 4 is 27.3 Å². The molecule has 2 rings (SSSR count). The number of hydrogen-bond donors (Lipinski definition) is 1. The molecule has 0 aliphatic heterocycles. The maximum Gasteiger partial charge on any atom is 0.245 e. The van der Waals surface area contributed by atoms with Gasteiger partial charge < -0.3 is 5.32 Å². The van der Waals surface area contributed by atoms with Gasteiger partial charge in [-0.2, -0.15) is 5.26 Å². The second-order valence-corrected chi connectivity index (χ2v) is 7.20. The minimum Gasteiger partial charge on any atom is -0.324 e. The van der Waals surface area contributed by atoms with Gasteiger partial charge in [-0.15, -0.1) is 0 Å². The molecule has 0 saturated heterocycles. The van der Waals surface area contributed by atoms with Crippen LogP contribution in [0.1, 0.15) is 11.1 Å². The second-order valence-electron chi connectivity index (χ2n) is 5.29. The number of rotatable bonds is 5. The zero-order valence-electron chi connectivity index (χ0n) is 13.4. The van der Waals surface area contributed by atoms with Crippen molar-refractivity contribution in [2.75, 3.05) is 22.4 Å². The lowest BCUT2D eigenvalue weighted by molar-refractivity contribution is -0.114. The lowest BCUT2D eigenvalue weighted by Gasteiger charge is -2.22. The van der Waals surface area contributed by atoms with Gasteiger partial charge in [-0.3, -0.25) is 9.10 Å². The molecule has 2 aromatic carbocycles. The van der Waals surface area contributed by atoms with Crippen LogP contribution in [0.2, 0.25) is 0 Å². The summed E-state index contributed by atoms with van der Waals surface area (Å²) >= 11 is 0. The Kier molecular flexibility index (Phi) is 5.21.